The lowest BCUT2D eigenvalue weighted by Gasteiger charge is -2.30. The maximum absolute atomic E-state index is 12.0. The number of carbonyl (C=O) groups is 1. The maximum atomic E-state index is 12.0. The Morgan fingerprint density at radius 3 is 3.15 bits per heavy atom. The van der Waals surface area contributed by atoms with Crippen molar-refractivity contribution in [1.29, 1.82) is 0 Å². The first-order valence-electron chi connectivity index (χ1n) is 8.76. The van der Waals surface area contributed by atoms with Crippen LogP contribution in [0.15, 0.2) is 26.6 Å². The standard InChI is InChI=1S/C19H18BrN3O2S/c1-19-6-10(20)13(24)5-14(19)26-15(7-19)23-12-4-11-16-9(2-3-21-11)8-22-17(16)18(12)25/h4,6,8,14-15,23,25H,2-3,5,7H2,1H3/t14-,15+,19-/m1/s1. The van der Waals surface area contributed by atoms with Crippen LogP contribution in [0.5, 0.6) is 5.75 Å². The summed E-state index contributed by atoms with van der Waals surface area (Å²) in [4.78, 5) is 21.0. The van der Waals surface area contributed by atoms with Crippen LogP contribution in [0.2, 0.25) is 0 Å². The molecule has 1 aliphatic carbocycles. The molecule has 0 unspecified atom stereocenters. The summed E-state index contributed by atoms with van der Waals surface area (Å²) in [5, 5.41) is 16.5. The Balaban J connectivity index is 1.48. The van der Waals surface area contributed by atoms with E-state index in [1.54, 1.807) is 11.8 Å². The van der Waals surface area contributed by atoms with Gasteiger partial charge >= 0.3 is 0 Å². The molecule has 4 aliphatic rings. The summed E-state index contributed by atoms with van der Waals surface area (Å²) < 4.78 is 0.693. The van der Waals surface area contributed by atoms with Gasteiger partial charge in [-0.25, -0.2) is 0 Å². The molecule has 1 aromatic rings. The van der Waals surface area contributed by atoms with E-state index in [-0.39, 0.29) is 27.6 Å². The second kappa shape index (κ2) is 5.70. The van der Waals surface area contributed by atoms with Gasteiger partial charge in [-0.3, -0.25) is 14.8 Å². The van der Waals surface area contributed by atoms with Crippen molar-refractivity contribution in [3.8, 4) is 5.75 Å². The number of nitrogens with zero attached hydrogens (tertiary/aromatic N) is 2. The Kier molecular flexibility index (Phi) is 3.63. The highest BCUT2D eigenvalue weighted by Gasteiger charge is 2.47. The number of rotatable bonds is 2. The van der Waals surface area contributed by atoms with E-state index in [9.17, 15) is 9.90 Å². The van der Waals surface area contributed by atoms with Gasteiger partial charge in [0, 0.05) is 35.1 Å². The second-order valence-corrected chi connectivity index (χ2v) is 9.78. The van der Waals surface area contributed by atoms with Gasteiger partial charge in [-0.05, 0) is 40.4 Å². The number of anilines is 1. The molecule has 2 N–H and O–H groups in total. The third kappa shape index (κ3) is 2.40. The van der Waals surface area contributed by atoms with Gasteiger partial charge in [-0.15, -0.1) is 11.8 Å². The molecule has 134 valence electrons. The largest absolute Gasteiger partial charge is 0.504 e. The summed E-state index contributed by atoms with van der Waals surface area (Å²) >= 11 is 5.18. The average Bonchev–Trinajstić information content (AvgIpc) is 3.15. The van der Waals surface area contributed by atoms with Crippen molar-refractivity contribution in [3.05, 3.63) is 27.2 Å². The molecule has 0 aromatic heterocycles. The summed E-state index contributed by atoms with van der Waals surface area (Å²) in [5.41, 5.74) is 2.44. The number of fused-ring (bicyclic) bond motifs is 1. The molecule has 0 radical (unpaired) electrons. The molecule has 0 amide bonds. The van der Waals surface area contributed by atoms with E-state index < -0.39 is 0 Å². The fraction of sp³-hybridized carbons (Fsp3) is 0.421. The Bertz CT molecular complexity index is 1030. The fourth-order valence-electron chi connectivity index (χ4n) is 4.28. The van der Waals surface area contributed by atoms with Gasteiger partial charge in [-0.2, -0.15) is 0 Å². The normalized spacial score (nSPS) is 31.4. The van der Waals surface area contributed by atoms with Crippen molar-refractivity contribution in [2.75, 3.05) is 11.9 Å². The first-order valence-corrected chi connectivity index (χ1v) is 10.5. The summed E-state index contributed by atoms with van der Waals surface area (Å²) in [6, 6.07) is 1.93. The van der Waals surface area contributed by atoms with E-state index in [0.29, 0.717) is 22.3 Å². The van der Waals surface area contributed by atoms with Crippen LogP contribution in [0.25, 0.3) is 5.57 Å². The van der Waals surface area contributed by atoms with Crippen LogP contribution in [0.4, 0.5) is 11.4 Å². The number of allylic oxidation sites excluding steroid dienone is 2. The summed E-state index contributed by atoms with van der Waals surface area (Å²) in [6.45, 7) is 2.96. The Morgan fingerprint density at radius 1 is 1.46 bits per heavy atom. The fourth-order valence-corrected chi connectivity index (χ4v) is 6.73. The molecule has 3 atom stereocenters. The molecule has 0 bridgehead atoms. The van der Waals surface area contributed by atoms with Crippen LogP contribution in [-0.2, 0) is 4.79 Å². The van der Waals surface area contributed by atoms with Crippen LogP contribution in [0.3, 0.4) is 0 Å². The van der Waals surface area contributed by atoms with Crippen molar-refractivity contribution in [3.63, 3.8) is 0 Å². The first-order chi connectivity index (χ1) is 12.4. The lowest BCUT2D eigenvalue weighted by atomic mass is 9.77. The van der Waals surface area contributed by atoms with Gasteiger partial charge < -0.3 is 10.4 Å². The molecule has 1 fully saturated rings. The predicted molar refractivity (Wildman–Crippen MR) is 108 cm³/mol. The second-order valence-electron chi connectivity index (χ2n) is 7.52. The van der Waals surface area contributed by atoms with Crippen LogP contribution < -0.4 is 15.9 Å². The van der Waals surface area contributed by atoms with Gasteiger partial charge in [0.05, 0.1) is 20.9 Å². The van der Waals surface area contributed by atoms with Crippen LogP contribution in [0, 0.1) is 5.41 Å². The number of ketones is 1. The van der Waals surface area contributed by atoms with Gasteiger partial charge in [0.1, 0.15) is 5.69 Å². The van der Waals surface area contributed by atoms with Crippen molar-refractivity contribution in [1.82, 2.24) is 0 Å². The van der Waals surface area contributed by atoms with Crippen molar-refractivity contribution in [2.45, 2.75) is 36.8 Å². The minimum absolute atomic E-state index is 0.0286. The Hall–Kier alpha value is -1.60. The van der Waals surface area contributed by atoms with Crippen LogP contribution in [-0.4, -0.2) is 34.3 Å². The lowest BCUT2D eigenvalue weighted by molar-refractivity contribution is -0.115. The zero-order valence-electron chi connectivity index (χ0n) is 14.3. The molecule has 3 aliphatic heterocycles. The molecule has 0 saturated carbocycles. The zero-order valence-corrected chi connectivity index (χ0v) is 16.7. The number of phenolic OH excluding ortho intramolecular Hbond substituents is 1. The number of aromatic hydroxyl groups is 1. The molecule has 7 heteroatoms. The monoisotopic (exact) mass is 431 g/mol. The van der Waals surface area contributed by atoms with Crippen molar-refractivity contribution < 1.29 is 9.90 Å². The van der Waals surface area contributed by atoms with Crippen LogP contribution in [0.1, 0.15) is 26.2 Å². The Morgan fingerprint density at radius 2 is 2.31 bits per heavy atom. The minimum Gasteiger partial charge on any atom is -0.504 e. The number of Topliss-reactive ketones (excluding diaryl/α,β-unsaturated/α-hetero) is 1. The highest BCUT2D eigenvalue weighted by Crippen LogP contribution is 2.53. The van der Waals surface area contributed by atoms with Crippen LogP contribution >= 0.6 is 27.7 Å². The molecule has 5 rings (SSSR count). The predicted octanol–water partition coefficient (Wildman–Crippen LogP) is 2.78. The lowest BCUT2D eigenvalue weighted by Crippen LogP contribution is -2.31. The summed E-state index contributed by atoms with van der Waals surface area (Å²) in [6.07, 6.45) is 6.24. The first kappa shape index (κ1) is 16.6. The number of aliphatic imine (C=N–C) groups is 1. The Labute approximate surface area is 163 Å². The zero-order chi connectivity index (χ0) is 18.1. The number of hydrogen-bond donors (Lipinski definition) is 2. The smallest absolute Gasteiger partial charge is 0.170 e. The average molecular weight is 432 g/mol. The quantitative estimate of drug-likeness (QED) is 0.705. The number of halogens is 1. The highest BCUT2D eigenvalue weighted by molar-refractivity contribution is 9.12. The maximum Gasteiger partial charge on any atom is 0.170 e. The molecular weight excluding hydrogens is 414 g/mol. The molecule has 26 heavy (non-hydrogen) atoms. The topological polar surface area (TPSA) is 74.0 Å². The molecular formula is C19H18BrN3O2S. The number of hydrogen-bond acceptors (Lipinski definition) is 6. The summed E-state index contributed by atoms with van der Waals surface area (Å²) in [5.74, 6) is 0.363. The van der Waals surface area contributed by atoms with Crippen molar-refractivity contribution in [2.24, 2.45) is 15.4 Å². The van der Waals surface area contributed by atoms with Gasteiger partial charge in [0.25, 0.3) is 0 Å². The molecule has 1 saturated heterocycles. The molecule has 0 spiro atoms. The number of thioether (sulfide) groups is 1. The van der Waals surface area contributed by atoms with Gasteiger partial charge in [-0.1, -0.05) is 13.0 Å². The van der Waals surface area contributed by atoms with Gasteiger partial charge in [0.15, 0.2) is 11.5 Å². The van der Waals surface area contributed by atoms with E-state index in [1.165, 1.54) is 0 Å². The number of benzene rings is 1. The van der Waals surface area contributed by atoms with Gasteiger partial charge in [0.2, 0.25) is 0 Å². The van der Waals surface area contributed by atoms with E-state index >= 15 is 0 Å². The molecule has 1 aromatic carbocycles. The van der Waals surface area contributed by atoms with E-state index in [2.05, 4.69) is 44.2 Å². The summed E-state index contributed by atoms with van der Waals surface area (Å²) in [7, 11) is 0. The van der Waals surface area contributed by atoms with Crippen molar-refractivity contribution >= 4 is 56.6 Å². The number of phenols is 1. The molecule has 5 nitrogen and oxygen atoms in total. The third-order valence-corrected chi connectivity index (χ3v) is 8.00. The minimum atomic E-state index is -0.0286. The van der Waals surface area contributed by atoms with E-state index in [1.807, 2.05) is 12.3 Å². The highest BCUT2D eigenvalue weighted by atomic mass is 79.9. The SMILES string of the molecule is C[C@]12C=C(Br)C(=O)C[C@H]1S[C@H](Nc1cc3c4c(c1O)N=CC=4CCN=3)C2. The molecule has 3 heterocycles. The number of carbonyl (C=O) groups excluding carboxylic acids is 1. The van der Waals surface area contributed by atoms with E-state index in [0.717, 1.165) is 35.5 Å². The number of nitrogens with one attached hydrogen (secondary N) is 1. The van der Waals surface area contributed by atoms with E-state index in [4.69, 9.17) is 0 Å². The third-order valence-electron chi connectivity index (χ3n) is 5.69.